The number of carbonyl (C=O) groups is 1. The van der Waals surface area contributed by atoms with Crippen LogP contribution in [0.1, 0.15) is 0 Å². The van der Waals surface area contributed by atoms with Gasteiger partial charge in [0.1, 0.15) is 12.1 Å². The van der Waals surface area contributed by atoms with Crippen LogP contribution in [0.2, 0.25) is 10.3 Å². The number of rotatable bonds is 3. The van der Waals surface area contributed by atoms with Crippen molar-refractivity contribution in [1.29, 1.82) is 0 Å². The van der Waals surface area contributed by atoms with Crippen molar-refractivity contribution < 1.29 is 4.79 Å². The number of aromatic nitrogens is 3. The highest BCUT2D eigenvalue weighted by Crippen LogP contribution is 2.23. The molecule has 0 saturated carbocycles. The van der Waals surface area contributed by atoms with Gasteiger partial charge in [-0.05, 0) is 12.1 Å². The number of anilines is 1. The van der Waals surface area contributed by atoms with Gasteiger partial charge in [-0.2, -0.15) is 0 Å². The molecule has 3 rings (SSSR count). The molecule has 6 nitrogen and oxygen atoms in total. The van der Waals surface area contributed by atoms with Gasteiger partial charge in [-0.1, -0.05) is 23.2 Å². The molecule has 0 fully saturated rings. The van der Waals surface area contributed by atoms with Crippen LogP contribution < -0.4 is 10.6 Å². The second kappa shape index (κ2) is 5.15. The fourth-order valence-electron chi connectivity index (χ4n) is 1.78. The molecule has 1 aliphatic rings. The minimum absolute atomic E-state index is 0.100. The fourth-order valence-corrected chi connectivity index (χ4v) is 2.10. The fraction of sp³-hybridized carbons (Fsp3) is 0.0833. The number of imidazole rings is 1. The molecular weight excluding hydrogens is 301 g/mol. The van der Waals surface area contributed by atoms with Crippen LogP contribution in [-0.4, -0.2) is 27.0 Å². The summed E-state index contributed by atoms with van der Waals surface area (Å²) < 4.78 is 1.58. The van der Waals surface area contributed by atoms with Crippen molar-refractivity contribution in [3.8, 4) is 5.82 Å². The average molecular weight is 310 g/mol. The third-order valence-electron chi connectivity index (χ3n) is 2.73. The van der Waals surface area contributed by atoms with E-state index in [1.165, 1.54) is 12.4 Å². The maximum Gasteiger partial charge on any atom is 0.246 e. The summed E-state index contributed by atoms with van der Waals surface area (Å²) in [7, 11) is 0. The molecule has 0 atom stereocenters. The molecule has 2 aromatic rings. The number of pyridine rings is 1. The molecule has 0 spiro atoms. The van der Waals surface area contributed by atoms with Gasteiger partial charge in [0, 0.05) is 11.8 Å². The summed E-state index contributed by atoms with van der Waals surface area (Å²) in [4.78, 5) is 19.2. The van der Waals surface area contributed by atoms with E-state index < -0.39 is 0 Å². The number of halogens is 2. The summed E-state index contributed by atoms with van der Waals surface area (Å²) in [6, 6.07) is 3.60. The predicted molar refractivity (Wildman–Crippen MR) is 76.1 cm³/mol. The van der Waals surface area contributed by atoms with Crippen LogP contribution in [0.25, 0.3) is 5.82 Å². The Hall–Kier alpha value is -2.05. The molecule has 1 amide bonds. The van der Waals surface area contributed by atoms with Gasteiger partial charge < -0.3 is 10.6 Å². The second-order valence-electron chi connectivity index (χ2n) is 4.11. The smallest absolute Gasteiger partial charge is 0.246 e. The number of nitrogens with zero attached hydrogens (tertiary/aromatic N) is 3. The van der Waals surface area contributed by atoms with Crippen LogP contribution in [0.3, 0.4) is 0 Å². The first-order valence-corrected chi connectivity index (χ1v) is 6.49. The van der Waals surface area contributed by atoms with Gasteiger partial charge in [0.25, 0.3) is 0 Å². The predicted octanol–water partition coefficient (Wildman–Crippen LogP) is 2.00. The Balaban J connectivity index is 1.79. The van der Waals surface area contributed by atoms with Crippen LogP contribution in [0.15, 0.2) is 36.4 Å². The van der Waals surface area contributed by atoms with E-state index in [1.54, 1.807) is 16.8 Å². The zero-order valence-corrected chi connectivity index (χ0v) is 11.6. The van der Waals surface area contributed by atoms with E-state index in [1.807, 2.05) is 6.07 Å². The van der Waals surface area contributed by atoms with Crippen LogP contribution in [0.4, 0.5) is 5.69 Å². The maximum absolute atomic E-state index is 11.0. The minimum Gasteiger partial charge on any atom is -0.356 e. The van der Waals surface area contributed by atoms with Gasteiger partial charge in [-0.15, -0.1) is 0 Å². The monoisotopic (exact) mass is 309 g/mol. The molecule has 0 unspecified atom stereocenters. The van der Waals surface area contributed by atoms with E-state index in [0.29, 0.717) is 17.5 Å². The normalized spacial score (nSPS) is 14.1. The first-order chi connectivity index (χ1) is 9.63. The van der Waals surface area contributed by atoms with Gasteiger partial charge in [0.05, 0.1) is 18.4 Å². The summed E-state index contributed by atoms with van der Waals surface area (Å²) in [5, 5.41) is 6.33. The van der Waals surface area contributed by atoms with Crippen LogP contribution in [0, 0.1) is 0 Å². The molecule has 8 heteroatoms. The van der Waals surface area contributed by atoms with E-state index in [-0.39, 0.29) is 11.1 Å². The van der Waals surface area contributed by atoms with Gasteiger partial charge in [-0.25, -0.2) is 9.97 Å². The Morgan fingerprint density at radius 1 is 1.30 bits per heavy atom. The van der Waals surface area contributed by atoms with Crippen molar-refractivity contribution in [2.24, 2.45) is 0 Å². The van der Waals surface area contributed by atoms with Crippen molar-refractivity contribution >= 4 is 34.8 Å². The number of hydrogen-bond acceptors (Lipinski definition) is 4. The lowest BCUT2D eigenvalue weighted by atomic mass is 10.3. The van der Waals surface area contributed by atoms with Gasteiger partial charge in [0.2, 0.25) is 5.91 Å². The summed E-state index contributed by atoms with van der Waals surface area (Å²) in [6.07, 6.45) is 4.66. The molecule has 0 aromatic carbocycles. The number of amides is 1. The molecule has 0 bridgehead atoms. The number of hydrogen-bond donors (Lipinski definition) is 2. The minimum atomic E-state index is -0.100. The average Bonchev–Trinajstić information content (AvgIpc) is 2.99. The van der Waals surface area contributed by atoms with Crippen molar-refractivity contribution in [1.82, 2.24) is 19.9 Å². The Kier molecular flexibility index (Phi) is 3.33. The van der Waals surface area contributed by atoms with Crippen LogP contribution in [0.5, 0.6) is 0 Å². The zero-order valence-electron chi connectivity index (χ0n) is 10.1. The lowest BCUT2D eigenvalue weighted by molar-refractivity contribution is -0.115. The molecule has 2 aromatic heterocycles. The van der Waals surface area contributed by atoms with E-state index in [9.17, 15) is 4.79 Å². The quantitative estimate of drug-likeness (QED) is 0.909. The summed E-state index contributed by atoms with van der Waals surface area (Å²) in [5.41, 5.74) is 1.58. The summed E-state index contributed by atoms with van der Waals surface area (Å²) in [5.74, 6) is 0.506. The molecule has 20 heavy (non-hydrogen) atoms. The summed E-state index contributed by atoms with van der Waals surface area (Å²) >= 11 is 11.8. The maximum atomic E-state index is 11.0. The van der Waals surface area contributed by atoms with Gasteiger partial charge in [0.15, 0.2) is 10.3 Å². The summed E-state index contributed by atoms with van der Waals surface area (Å²) in [6.45, 7) is 0.490. The molecule has 102 valence electrons. The lowest BCUT2D eigenvalue weighted by Crippen LogP contribution is -2.16. The van der Waals surface area contributed by atoms with Gasteiger partial charge in [-0.3, -0.25) is 9.36 Å². The molecule has 3 heterocycles. The van der Waals surface area contributed by atoms with Crippen LogP contribution >= 0.6 is 23.2 Å². The second-order valence-corrected chi connectivity index (χ2v) is 4.83. The Bertz CT molecular complexity index is 692. The van der Waals surface area contributed by atoms with Gasteiger partial charge >= 0.3 is 0 Å². The van der Waals surface area contributed by atoms with Crippen molar-refractivity contribution in [2.75, 3.05) is 11.9 Å². The standard InChI is InChI=1S/C12H9Cl2N5O/c13-11-12(14)19(6-17-11)9-2-1-7(4-15-9)18-8-3-10(20)16-5-8/h1-4,6,18H,5H2,(H,16,20). The highest BCUT2D eigenvalue weighted by molar-refractivity contribution is 6.40. The third kappa shape index (κ3) is 2.48. The Morgan fingerprint density at radius 3 is 2.70 bits per heavy atom. The molecule has 1 aliphatic heterocycles. The molecule has 0 aliphatic carbocycles. The van der Waals surface area contributed by atoms with Crippen molar-refractivity contribution in [2.45, 2.75) is 0 Å². The largest absolute Gasteiger partial charge is 0.356 e. The topological polar surface area (TPSA) is 71.8 Å². The molecule has 0 radical (unpaired) electrons. The zero-order chi connectivity index (χ0) is 14.1. The third-order valence-corrected chi connectivity index (χ3v) is 3.46. The SMILES string of the molecule is O=C1C=C(Nc2ccc(-n3cnc(Cl)c3Cl)nc2)CN1. The Labute approximate surface area is 124 Å². The Morgan fingerprint density at radius 2 is 2.15 bits per heavy atom. The molecule has 0 saturated heterocycles. The van der Waals surface area contributed by atoms with Crippen molar-refractivity contribution in [3.63, 3.8) is 0 Å². The first-order valence-electron chi connectivity index (χ1n) is 5.73. The number of nitrogens with one attached hydrogen (secondary N) is 2. The van der Waals surface area contributed by atoms with E-state index in [0.717, 1.165) is 11.4 Å². The van der Waals surface area contributed by atoms with E-state index in [4.69, 9.17) is 23.2 Å². The first kappa shape index (κ1) is 13.0. The highest BCUT2D eigenvalue weighted by Gasteiger charge is 2.11. The lowest BCUT2D eigenvalue weighted by Gasteiger charge is -2.07. The number of carbonyl (C=O) groups excluding carboxylic acids is 1. The van der Waals surface area contributed by atoms with E-state index >= 15 is 0 Å². The highest BCUT2D eigenvalue weighted by atomic mass is 35.5. The molecule has 2 N–H and O–H groups in total. The van der Waals surface area contributed by atoms with E-state index in [2.05, 4.69) is 20.6 Å². The molecular formula is C12H9Cl2N5O. The van der Waals surface area contributed by atoms with Crippen LogP contribution in [-0.2, 0) is 4.79 Å². The van der Waals surface area contributed by atoms with Crippen molar-refractivity contribution in [3.05, 3.63) is 46.7 Å².